The third-order valence-electron chi connectivity index (χ3n) is 1.19. The number of carbonyl (C=O) groups is 1. The molecule has 11 heavy (non-hydrogen) atoms. The number of carbonyl (C=O) groups excluding carboxylic acids is 1. The van der Waals surface area contributed by atoms with E-state index in [2.05, 4.69) is 0 Å². The van der Waals surface area contributed by atoms with Crippen molar-refractivity contribution in [2.45, 2.75) is 6.42 Å². The van der Waals surface area contributed by atoms with Crippen molar-refractivity contribution in [3.05, 3.63) is 35.9 Å². The molecule has 0 aromatic heterocycles. The molecule has 0 bridgehead atoms. The Morgan fingerprint density at radius 1 is 1.27 bits per heavy atom. The molecule has 0 unspecified atom stereocenters. The molecule has 52 valence electrons. The molecule has 0 fully saturated rings. The van der Waals surface area contributed by atoms with Gasteiger partial charge in [0.25, 0.3) is 0 Å². The second kappa shape index (κ2) is 6.28. The van der Waals surface area contributed by atoms with E-state index in [0.717, 1.165) is 5.56 Å². The maximum atomic E-state index is 10.1. The molecule has 1 aromatic rings. The maximum absolute atomic E-state index is 10.1. The molecule has 1 rings (SSSR count). The number of aliphatic carboxylic acids is 1. The zero-order valence-corrected chi connectivity index (χ0v) is 12.7. The number of carboxylic acids is 1. The summed E-state index contributed by atoms with van der Waals surface area (Å²) in [5.74, 6) is -1.04. The standard InChI is InChI=1S/C8H8O2.Cs/c9-8(10)6-7-4-2-1-3-5-7;/h1-5H,6H2,(H,9,10);/q;+1/p-1. The molecule has 0 aliphatic carbocycles. The number of benzene rings is 1. The second-order valence-corrected chi connectivity index (χ2v) is 2.03. The summed E-state index contributed by atoms with van der Waals surface area (Å²) in [5, 5.41) is 10.1. The summed E-state index contributed by atoms with van der Waals surface area (Å²) in [6.07, 6.45) is 0.000833. The number of carboxylic acid groups (broad SMARTS) is 1. The van der Waals surface area contributed by atoms with Gasteiger partial charge in [-0.1, -0.05) is 30.3 Å². The normalized spacial score (nSPS) is 8.36. The smallest absolute Gasteiger partial charge is 0.550 e. The first-order chi connectivity index (χ1) is 4.79. The Balaban J connectivity index is 0.000001000. The third kappa shape index (κ3) is 5.06. The van der Waals surface area contributed by atoms with Crippen molar-refractivity contribution in [1.29, 1.82) is 0 Å². The van der Waals surface area contributed by atoms with Crippen molar-refractivity contribution in [3.63, 3.8) is 0 Å². The molecule has 0 heterocycles. The second-order valence-electron chi connectivity index (χ2n) is 2.03. The Bertz CT molecular complexity index is 221. The molecule has 0 saturated heterocycles. The fourth-order valence-electron chi connectivity index (χ4n) is 0.763. The average molecular weight is 268 g/mol. The van der Waals surface area contributed by atoms with Gasteiger partial charge >= 0.3 is 68.9 Å². The number of hydrogen-bond acceptors (Lipinski definition) is 2. The zero-order valence-electron chi connectivity index (χ0n) is 6.41. The van der Waals surface area contributed by atoms with Crippen LogP contribution < -0.4 is 74.0 Å². The van der Waals surface area contributed by atoms with Crippen LogP contribution in [0.5, 0.6) is 0 Å². The Morgan fingerprint density at radius 2 is 1.82 bits per heavy atom. The topological polar surface area (TPSA) is 40.1 Å². The van der Waals surface area contributed by atoms with E-state index in [4.69, 9.17) is 0 Å². The van der Waals surface area contributed by atoms with Crippen molar-refractivity contribution in [2.24, 2.45) is 0 Å². The van der Waals surface area contributed by atoms with Crippen LogP contribution in [0.3, 0.4) is 0 Å². The van der Waals surface area contributed by atoms with Gasteiger partial charge in [-0.15, -0.1) is 0 Å². The van der Waals surface area contributed by atoms with E-state index < -0.39 is 5.97 Å². The first kappa shape index (κ1) is 11.7. The summed E-state index contributed by atoms with van der Waals surface area (Å²) in [6, 6.07) is 8.97. The first-order valence-corrected chi connectivity index (χ1v) is 3.03. The van der Waals surface area contributed by atoms with Crippen LogP contribution in [-0.2, 0) is 11.2 Å². The summed E-state index contributed by atoms with van der Waals surface area (Å²) < 4.78 is 0. The predicted molar refractivity (Wildman–Crippen MR) is 35.2 cm³/mol. The quantitative estimate of drug-likeness (QED) is 0.573. The first-order valence-electron chi connectivity index (χ1n) is 3.03. The van der Waals surface area contributed by atoms with Crippen molar-refractivity contribution in [3.8, 4) is 0 Å². The van der Waals surface area contributed by atoms with Gasteiger partial charge < -0.3 is 9.90 Å². The van der Waals surface area contributed by atoms with Gasteiger partial charge in [-0.2, -0.15) is 0 Å². The van der Waals surface area contributed by atoms with Gasteiger partial charge in [0, 0.05) is 12.4 Å². The van der Waals surface area contributed by atoms with E-state index in [1.54, 1.807) is 24.3 Å². The van der Waals surface area contributed by atoms with Gasteiger partial charge in [0.15, 0.2) is 0 Å². The van der Waals surface area contributed by atoms with E-state index in [-0.39, 0.29) is 75.3 Å². The molecule has 2 nitrogen and oxygen atoms in total. The average Bonchev–Trinajstić information content (AvgIpc) is 1.88. The molecule has 0 spiro atoms. The third-order valence-corrected chi connectivity index (χ3v) is 1.19. The minimum atomic E-state index is -1.04. The van der Waals surface area contributed by atoms with E-state index >= 15 is 0 Å². The minimum Gasteiger partial charge on any atom is -0.550 e. The molecule has 0 amide bonds. The van der Waals surface area contributed by atoms with Gasteiger partial charge in [-0.05, 0) is 5.56 Å². The van der Waals surface area contributed by atoms with Gasteiger partial charge in [0.1, 0.15) is 0 Å². The van der Waals surface area contributed by atoms with Crippen molar-refractivity contribution in [1.82, 2.24) is 0 Å². The van der Waals surface area contributed by atoms with Gasteiger partial charge in [0.2, 0.25) is 0 Å². The zero-order chi connectivity index (χ0) is 7.40. The Morgan fingerprint density at radius 3 is 2.27 bits per heavy atom. The van der Waals surface area contributed by atoms with Gasteiger partial charge in [-0.25, -0.2) is 0 Å². The molecule has 0 aliphatic rings. The van der Waals surface area contributed by atoms with Crippen LogP contribution in [-0.4, -0.2) is 5.97 Å². The van der Waals surface area contributed by atoms with E-state index in [9.17, 15) is 9.90 Å². The SMILES string of the molecule is O=C([O-])Cc1ccccc1.[Cs+]. The van der Waals surface area contributed by atoms with Crippen molar-refractivity contribution < 1.29 is 78.8 Å². The fourth-order valence-corrected chi connectivity index (χ4v) is 0.763. The molecular formula is C8H7CsO2. The Labute approximate surface area is 124 Å². The van der Waals surface area contributed by atoms with Gasteiger partial charge in [0.05, 0.1) is 0 Å². The maximum Gasteiger partial charge on any atom is 1.00 e. The molecule has 0 N–H and O–H groups in total. The van der Waals surface area contributed by atoms with E-state index in [0.29, 0.717) is 0 Å². The molecule has 0 atom stereocenters. The van der Waals surface area contributed by atoms with Crippen LogP contribution in [0.25, 0.3) is 0 Å². The molecular weight excluding hydrogens is 261 g/mol. The minimum absolute atomic E-state index is 0. The van der Waals surface area contributed by atoms with Crippen molar-refractivity contribution in [2.75, 3.05) is 0 Å². The number of hydrogen-bond donors (Lipinski definition) is 0. The van der Waals surface area contributed by atoms with Gasteiger partial charge in [-0.3, -0.25) is 0 Å². The van der Waals surface area contributed by atoms with Crippen molar-refractivity contribution >= 4 is 5.97 Å². The largest absolute Gasteiger partial charge is 1.00 e. The molecule has 3 heteroatoms. The Hall–Kier alpha value is 0.742. The van der Waals surface area contributed by atoms with Crippen LogP contribution in [0.1, 0.15) is 5.56 Å². The summed E-state index contributed by atoms with van der Waals surface area (Å²) in [6.45, 7) is 0. The Kier molecular flexibility index (Phi) is 6.70. The summed E-state index contributed by atoms with van der Waals surface area (Å²) in [7, 11) is 0. The van der Waals surface area contributed by atoms with E-state index in [1.165, 1.54) is 0 Å². The van der Waals surface area contributed by atoms with E-state index in [1.807, 2.05) is 6.07 Å². The van der Waals surface area contributed by atoms with Crippen LogP contribution in [0, 0.1) is 0 Å². The van der Waals surface area contributed by atoms with Crippen LogP contribution >= 0.6 is 0 Å². The molecule has 0 radical (unpaired) electrons. The van der Waals surface area contributed by atoms with Crippen LogP contribution in [0.4, 0.5) is 0 Å². The monoisotopic (exact) mass is 268 g/mol. The molecule has 0 aliphatic heterocycles. The van der Waals surface area contributed by atoms with Crippen LogP contribution in [0.15, 0.2) is 30.3 Å². The molecule has 1 aromatic carbocycles. The predicted octanol–water partition coefficient (Wildman–Crippen LogP) is -3.02. The fraction of sp³-hybridized carbons (Fsp3) is 0.125. The summed E-state index contributed by atoms with van der Waals surface area (Å²) >= 11 is 0. The molecule has 0 saturated carbocycles. The summed E-state index contributed by atoms with van der Waals surface area (Å²) in [4.78, 5) is 10.1. The number of rotatable bonds is 2. The van der Waals surface area contributed by atoms with Crippen LogP contribution in [0.2, 0.25) is 0 Å². The summed E-state index contributed by atoms with van der Waals surface area (Å²) in [5.41, 5.74) is 0.780.